The van der Waals surface area contributed by atoms with E-state index in [2.05, 4.69) is 182 Å². The number of hydrogen-bond acceptors (Lipinski definition) is 1. The molecule has 42 heavy (non-hydrogen) atoms. The van der Waals surface area contributed by atoms with E-state index in [1.807, 2.05) is 0 Å². The molecule has 0 aliphatic carbocycles. The molecule has 6 heteroatoms. The van der Waals surface area contributed by atoms with Crippen LogP contribution in [0.5, 0.6) is 0 Å². The van der Waals surface area contributed by atoms with Crippen LogP contribution in [0.1, 0.15) is 0 Å². The molecule has 0 aromatic heterocycles. The Morgan fingerprint density at radius 1 is 0.262 bits per heavy atom. The predicted molar refractivity (Wildman–Crippen MR) is 174 cm³/mol. The monoisotopic (exact) mass is 755 g/mol. The van der Waals surface area contributed by atoms with Crippen LogP contribution in [0, 0.1) is 0 Å². The Bertz CT molecular complexity index is 1290. The second-order valence-electron chi connectivity index (χ2n) is 9.66. The van der Waals surface area contributed by atoms with E-state index >= 15 is 0 Å². The van der Waals surface area contributed by atoms with Crippen LogP contribution in [-0.2, 0) is 21.4 Å². The number of halogens is 2. The molecule has 0 atom stereocenters. The van der Waals surface area contributed by atoms with Crippen LogP contribution in [0.25, 0.3) is 0 Å². The van der Waals surface area contributed by atoms with E-state index < -0.39 is 15.0 Å². The van der Waals surface area contributed by atoms with Crippen molar-refractivity contribution in [3.8, 4) is 0 Å². The van der Waals surface area contributed by atoms with Gasteiger partial charge in [-0.1, -0.05) is 0 Å². The molecule has 6 aromatic rings. The Morgan fingerprint density at radius 3 is 0.548 bits per heavy atom. The summed E-state index contributed by atoms with van der Waals surface area (Å²) in [4.78, 5) is 0. The van der Waals surface area contributed by atoms with Crippen LogP contribution < -0.4 is 65.8 Å². The SMILES string of the molecule is [Br-].[Br-].[Mn+2].c1ccc([PH](O[PH](c2ccccc2)(c2ccccc2)c2ccccc2)(c2ccccc2)c2ccccc2)cc1. The molecular formula is C36H32Br2MnOP2. The maximum atomic E-state index is 8.22. The van der Waals surface area contributed by atoms with Gasteiger partial charge in [0.05, 0.1) is 0 Å². The van der Waals surface area contributed by atoms with Gasteiger partial charge in [-0.2, -0.15) is 0 Å². The topological polar surface area (TPSA) is 9.23 Å². The second-order valence-corrected chi connectivity index (χ2v) is 16.7. The molecule has 0 amide bonds. The summed E-state index contributed by atoms with van der Waals surface area (Å²) < 4.78 is 8.22. The van der Waals surface area contributed by atoms with Gasteiger partial charge in [0.1, 0.15) is 0 Å². The summed E-state index contributed by atoms with van der Waals surface area (Å²) in [5.41, 5.74) is 0. The molecule has 0 saturated carbocycles. The van der Waals surface area contributed by atoms with E-state index in [1.165, 1.54) is 31.8 Å². The standard InChI is InChI=1S/C36H32OP2.2BrH.Mn/c1-7-19-31(20-8-1)38(32-21-9-2-10-22-32,33-23-11-3-12-24-33)37-39(34-25-13-4-14-26-34,35-27-15-5-16-28-35)36-29-17-6-18-30-36;;;/h1-30,38-39H;2*1H;/q;;;+2/p-2. The van der Waals surface area contributed by atoms with Crippen molar-refractivity contribution in [2.24, 2.45) is 0 Å². The summed E-state index contributed by atoms with van der Waals surface area (Å²) in [6.07, 6.45) is 0. The van der Waals surface area contributed by atoms with Gasteiger partial charge in [0.2, 0.25) is 0 Å². The molecule has 0 fully saturated rings. The molecule has 213 valence electrons. The Labute approximate surface area is 282 Å². The normalized spacial score (nSPS) is 11.6. The van der Waals surface area contributed by atoms with Crippen molar-refractivity contribution >= 4 is 46.8 Å². The van der Waals surface area contributed by atoms with Gasteiger partial charge in [-0.05, 0) is 0 Å². The first kappa shape index (κ1) is 34.1. The first-order valence-electron chi connectivity index (χ1n) is 13.4. The zero-order chi connectivity index (χ0) is 26.4. The third-order valence-electron chi connectivity index (χ3n) is 7.39. The van der Waals surface area contributed by atoms with Gasteiger partial charge in [0, 0.05) is 0 Å². The Balaban J connectivity index is 0.00000161. The van der Waals surface area contributed by atoms with Crippen LogP contribution in [-0.4, -0.2) is 0 Å². The molecule has 6 rings (SSSR count). The third-order valence-corrected chi connectivity index (χ3v) is 16.7. The number of rotatable bonds is 8. The van der Waals surface area contributed by atoms with Crippen molar-refractivity contribution in [2.45, 2.75) is 0 Å². The molecule has 6 aromatic carbocycles. The average Bonchev–Trinajstić information content (AvgIpc) is 3.04. The van der Waals surface area contributed by atoms with Crippen LogP contribution in [0.15, 0.2) is 182 Å². The average molecular weight is 757 g/mol. The van der Waals surface area contributed by atoms with Crippen molar-refractivity contribution in [1.82, 2.24) is 0 Å². The Hall–Kier alpha value is -2.38. The van der Waals surface area contributed by atoms with Crippen LogP contribution in [0.3, 0.4) is 0 Å². The fraction of sp³-hybridized carbons (Fsp3) is 0. The van der Waals surface area contributed by atoms with Gasteiger partial charge in [-0.25, -0.2) is 0 Å². The van der Waals surface area contributed by atoms with Gasteiger partial charge in [0.15, 0.2) is 0 Å². The van der Waals surface area contributed by atoms with E-state index in [1.54, 1.807) is 0 Å². The fourth-order valence-electron chi connectivity index (χ4n) is 5.62. The first-order chi connectivity index (χ1) is 19.3. The summed E-state index contributed by atoms with van der Waals surface area (Å²) in [5, 5.41) is 7.43. The van der Waals surface area contributed by atoms with Gasteiger partial charge >= 0.3 is 250 Å². The molecule has 1 radical (unpaired) electrons. The second kappa shape index (κ2) is 15.9. The van der Waals surface area contributed by atoms with Crippen molar-refractivity contribution in [2.75, 3.05) is 0 Å². The van der Waals surface area contributed by atoms with Gasteiger partial charge < -0.3 is 34.0 Å². The van der Waals surface area contributed by atoms with E-state index in [9.17, 15) is 0 Å². The van der Waals surface area contributed by atoms with Crippen LogP contribution in [0.4, 0.5) is 0 Å². The molecule has 0 saturated heterocycles. The molecule has 0 unspecified atom stereocenters. The molecular weight excluding hydrogens is 725 g/mol. The molecule has 0 N–H and O–H groups in total. The summed E-state index contributed by atoms with van der Waals surface area (Å²) in [5.74, 6) is 0. The summed E-state index contributed by atoms with van der Waals surface area (Å²) >= 11 is 0. The van der Waals surface area contributed by atoms with Crippen molar-refractivity contribution in [3.63, 3.8) is 0 Å². The summed E-state index contributed by atoms with van der Waals surface area (Å²) in [6.45, 7) is 0. The molecule has 0 heterocycles. The van der Waals surface area contributed by atoms with Crippen LogP contribution in [0.2, 0.25) is 0 Å². The van der Waals surface area contributed by atoms with Crippen molar-refractivity contribution in [1.29, 1.82) is 0 Å². The molecule has 0 aliphatic heterocycles. The first-order valence-corrected chi connectivity index (χ1v) is 17.2. The summed E-state index contributed by atoms with van der Waals surface area (Å²) in [6, 6.07) is 65.3. The molecule has 0 aliphatic rings. The zero-order valence-electron chi connectivity index (χ0n) is 22.9. The summed E-state index contributed by atoms with van der Waals surface area (Å²) in [7, 11) is -6.09. The van der Waals surface area contributed by atoms with Gasteiger partial charge in [-0.15, -0.1) is 0 Å². The molecule has 1 nitrogen and oxygen atoms in total. The minimum absolute atomic E-state index is 0. The molecule has 0 bridgehead atoms. The van der Waals surface area contributed by atoms with E-state index in [-0.39, 0.29) is 51.0 Å². The van der Waals surface area contributed by atoms with Gasteiger partial charge in [0.25, 0.3) is 0 Å². The quantitative estimate of drug-likeness (QED) is 0.161. The predicted octanol–water partition coefficient (Wildman–Crippen LogP) is 0.291. The number of benzene rings is 6. The van der Waals surface area contributed by atoms with Gasteiger partial charge in [-0.3, -0.25) is 0 Å². The minimum atomic E-state index is -3.05. The third kappa shape index (κ3) is 6.57. The van der Waals surface area contributed by atoms with Crippen LogP contribution >= 0.6 is 15.0 Å². The maximum absolute atomic E-state index is 8.22. The Kier molecular flexibility index (Phi) is 12.9. The zero-order valence-corrected chi connectivity index (χ0v) is 29.2. The van der Waals surface area contributed by atoms with E-state index in [0.717, 1.165) is 0 Å². The van der Waals surface area contributed by atoms with E-state index in [0.29, 0.717) is 0 Å². The Morgan fingerprint density at radius 2 is 0.405 bits per heavy atom. The van der Waals surface area contributed by atoms with E-state index in [4.69, 9.17) is 4.31 Å². The van der Waals surface area contributed by atoms with Crippen molar-refractivity contribution in [3.05, 3.63) is 182 Å². The van der Waals surface area contributed by atoms with Crippen molar-refractivity contribution < 1.29 is 55.3 Å². The molecule has 0 spiro atoms. The fourth-order valence-corrected chi connectivity index (χ4v) is 16.3. The number of hydrogen-bond donors (Lipinski definition) is 0.